The summed E-state index contributed by atoms with van der Waals surface area (Å²) < 4.78 is 36.6. The number of nitrogens with zero attached hydrogens (tertiary/aromatic N) is 1. The number of aliphatic hydroxyl groups is 1. The summed E-state index contributed by atoms with van der Waals surface area (Å²) in [5, 5.41) is 12.6. The zero-order valence-corrected chi connectivity index (χ0v) is 10.3. The van der Waals surface area contributed by atoms with E-state index in [1.54, 1.807) is 18.2 Å². The van der Waals surface area contributed by atoms with Gasteiger partial charge in [-0.15, -0.1) is 0 Å². The first-order chi connectivity index (χ1) is 8.89. The number of hydrogen-bond acceptors (Lipinski definition) is 3. The number of hydrogen-bond donors (Lipinski definition) is 2. The van der Waals surface area contributed by atoms with Crippen molar-refractivity contribution in [1.29, 1.82) is 0 Å². The Kier molecular flexibility index (Phi) is 3.82. The van der Waals surface area contributed by atoms with E-state index in [4.69, 9.17) is 16.7 Å². The van der Waals surface area contributed by atoms with Crippen molar-refractivity contribution < 1.29 is 18.3 Å². The highest BCUT2D eigenvalue weighted by Gasteiger charge is 2.37. The van der Waals surface area contributed by atoms with Gasteiger partial charge in [-0.1, -0.05) is 11.6 Å². The van der Waals surface area contributed by atoms with Crippen molar-refractivity contribution in [1.82, 2.24) is 4.98 Å². The summed E-state index contributed by atoms with van der Waals surface area (Å²) in [6.07, 6.45) is -5.56. The third-order valence-electron chi connectivity index (χ3n) is 2.58. The summed E-state index contributed by atoms with van der Waals surface area (Å²) in [5.41, 5.74) is 0.854. The van der Waals surface area contributed by atoms with Crippen molar-refractivity contribution in [2.75, 3.05) is 11.9 Å². The van der Waals surface area contributed by atoms with Crippen LogP contribution in [0, 0.1) is 0 Å². The molecule has 1 heterocycles. The summed E-state index contributed by atoms with van der Waals surface area (Å²) in [5.74, 6) is 0. The van der Waals surface area contributed by atoms with Crippen LogP contribution in [0.5, 0.6) is 0 Å². The molecule has 0 aliphatic carbocycles. The fourth-order valence-electron chi connectivity index (χ4n) is 1.60. The average Bonchev–Trinajstić information content (AvgIpc) is 2.37. The molecule has 0 bridgehead atoms. The molecule has 1 aromatic carbocycles. The molecular weight excluding hydrogens is 281 g/mol. The van der Waals surface area contributed by atoms with Crippen LogP contribution in [0.2, 0.25) is 5.02 Å². The lowest BCUT2D eigenvalue weighted by Gasteiger charge is -2.16. The molecule has 0 aliphatic rings. The van der Waals surface area contributed by atoms with E-state index in [1.807, 2.05) is 0 Å². The zero-order valence-electron chi connectivity index (χ0n) is 9.58. The number of aromatic nitrogens is 1. The predicted octanol–water partition coefficient (Wildman–Crippen LogP) is 3.22. The zero-order chi connectivity index (χ0) is 14.0. The minimum atomic E-state index is -4.65. The van der Waals surface area contributed by atoms with Crippen molar-refractivity contribution in [3.05, 3.63) is 35.5 Å². The maximum atomic E-state index is 12.2. The van der Waals surface area contributed by atoms with Crippen LogP contribution in [0.1, 0.15) is 0 Å². The van der Waals surface area contributed by atoms with Gasteiger partial charge in [0.2, 0.25) is 0 Å². The lowest BCUT2D eigenvalue weighted by molar-refractivity contribution is -0.198. The van der Waals surface area contributed by atoms with Gasteiger partial charge in [-0.25, -0.2) is 0 Å². The fraction of sp³-hybridized carbons (Fsp3) is 0.250. The lowest BCUT2D eigenvalue weighted by Crippen LogP contribution is -2.35. The van der Waals surface area contributed by atoms with Gasteiger partial charge in [0.05, 0.1) is 16.2 Å². The van der Waals surface area contributed by atoms with E-state index in [0.29, 0.717) is 21.6 Å². The number of nitrogens with one attached hydrogen (secondary N) is 1. The van der Waals surface area contributed by atoms with Gasteiger partial charge >= 0.3 is 6.18 Å². The van der Waals surface area contributed by atoms with Crippen LogP contribution in [0.4, 0.5) is 18.9 Å². The Bertz CT molecular complexity index is 589. The highest BCUT2D eigenvalue weighted by molar-refractivity contribution is 6.35. The summed E-state index contributed by atoms with van der Waals surface area (Å²) in [6, 6.07) is 6.49. The maximum Gasteiger partial charge on any atom is 0.416 e. The number of rotatable bonds is 3. The van der Waals surface area contributed by atoms with E-state index in [0.717, 1.165) is 0 Å². The second-order valence-electron chi connectivity index (χ2n) is 3.93. The Balaban J connectivity index is 2.25. The van der Waals surface area contributed by atoms with Crippen LogP contribution >= 0.6 is 11.6 Å². The van der Waals surface area contributed by atoms with Gasteiger partial charge in [-0.2, -0.15) is 13.2 Å². The van der Waals surface area contributed by atoms with E-state index in [-0.39, 0.29) is 0 Å². The van der Waals surface area contributed by atoms with Gasteiger partial charge < -0.3 is 10.4 Å². The molecule has 2 rings (SSSR count). The van der Waals surface area contributed by atoms with Gasteiger partial charge in [-0.3, -0.25) is 4.98 Å². The topological polar surface area (TPSA) is 45.1 Å². The van der Waals surface area contributed by atoms with Crippen LogP contribution in [0.25, 0.3) is 10.9 Å². The third-order valence-corrected chi connectivity index (χ3v) is 2.91. The number of anilines is 1. The molecule has 3 nitrogen and oxygen atoms in total. The number of fused-ring (bicyclic) bond motifs is 1. The molecule has 2 aromatic rings. The van der Waals surface area contributed by atoms with E-state index in [9.17, 15) is 13.2 Å². The SMILES string of the molecule is OC(CNc1ccc(Cl)c2cccnc12)C(F)(F)F. The standard InChI is InChI=1S/C12H10ClF3N2O/c13-8-3-4-9(11-7(8)2-1-5-17-11)18-6-10(19)12(14,15)16/h1-5,10,18-19H,6H2. The minimum absolute atomic E-state index is 0.392. The predicted molar refractivity (Wildman–Crippen MR) is 67.3 cm³/mol. The molecule has 0 fully saturated rings. The molecule has 19 heavy (non-hydrogen) atoms. The first kappa shape index (κ1) is 13.9. The average molecular weight is 291 g/mol. The third kappa shape index (κ3) is 3.08. The van der Waals surface area contributed by atoms with Crippen LogP contribution < -0.4 is 5.32 Å². The van der Waals surface area contributed by atoms with Crippen LogP contribution in [0.3, 0.4) is 0 Å². The van der Waals surface area contributed by atoms with Crippen molar-refractivity contribution in [2.24, 2.45) is 0 Å². The molecule has 0 saturated carbocycles. The first-order valence-electron chi connectivity index (χ1n) is 5.41. The first-order valence-corrected chi connectivity index (χ1v) is 5.79. The van der Waals surface area contributed by atoms with E-state index in [1.165, 1.54) is 12.3 Å². The molecule has 7 heteroatoms. The summed E-state index contributed by atoms with van der Waals surface area (Å²) in [6.45, 7) is -0.642. The molecule has 0 amide bonds. The van der Waals surface area contributed by atoms with Crippen molar-refractivity contribution in [3.63, 3.8) is 0 Å². The molecular formula is C12H10ClF3N2O. The van der Waals surface area contributed by atoms with Crippen LogP contribution in [0.15, 0.2) is 30.5 Å². The van der Waals surface area contributed by atoms with Gasteiger partial charge in [0.25, 0.3) is 0 Å². The summed E-state index contributed by atoms with van der Waals surface area (Å²) >= 11 is 5.97. The molecule has 1 aromatic heterocycles. The van der Waals surface area contributed by atoms with Crippen molar-refractivity contribution >= 4 is 28.2 Å². The van der Waals surface area contributed by atoms with Crippen molar-refractivity contribution in [3.8, 4) is 0 Å². The van der Waals surface area contributed by atoms with Gasteiger partial charge in [-0.05, 0) is 24.3 Å². The number of benzene rings is 1. The molecule has 1 atom stereocenters. The van der Waals surface area contributed by atoms with E-state index >= 15 is 0 Å². The van der Waals surface area contributed by atoms with Crippen molar-refractivity contribution in [2.45, 2.75) is 12.3 Å². The van der Waals surface area contributed by atoms with E-state index < -0.39 is 18.8 Å². The quantitative estimate of drug-likeness (QED) is 0.912. The number of halogens is 4. The van der Waals surface area contributed by atoms with Crippen LogP contribution in [-0.4, -0.2) is 28.9 Å². The highest BCUT2D eigenvalue weighted by atomic mass is 35.5. The number of pyridine rings is 1. The second kappa shape index (κ2) is 5.22. The Morgan fingerprint density at radius 3 is 2.74 bits per heavy atom. The molecule has 0 radical (unpaired) electrons. The summed E-state index contributed by atoms with van der Waals surface area (Å²) in [4.78, 5) is 4.07. The largest absolute Gasteiger partial charge is 0.416 e. The van der Waals surface area contributed by atoms with Crippen LogP contribution in [-0.2, 0) is 0 Å². The lowest BCUT2D eigenvalue weighted by atomic mass is 10.2. The summed E-state index contributed by atoms with van der Waals surface area (Å²) in [7, 11) is 0. The minimum Gasteiger partial charge on any atom is -0.382 e. The monoisotopic (exact) mass is 290 g/mol. The molecule has 0 aliphatic heterocycles. The van der Waals surface area contributed by atoms with Gasteiger partial charge in [0, 0.05) is 18.1 Å². The molecule has 1 unspecified atom stereocenters. The highest BCUT2D eigenvalue weighted by Crippen LogP contribution is 2.28. The fourth-order valence-corrected chi connectivity index (χ4v) is 1.82. The normalized spacial score (nSPS) is 13.5. The Morgan fingerprint density at radius 2 is 2.05 bits per heavy atom. The molecule has 102 valence electrons. The number of alkyl halides is 3. The Hall–Kier alpha value is -1.53. The molecule has 0 saturated heterocycles. The smallest absolute Gasteiger partial charge is 0.382 e. The maximum absolute atomic E-state index is 12.2. The van der Waals surface area contributed by atoms with E-state index in [2.05, 4.69) is 10.3 Å². The Morgan fingerprint density at radius 1 is 1.32 bits per heavy atom. The Labute approximate surface area is 112 Å². The second-order valence-corrected chi connectivity index (χ2v) is 4.34. The molecule has 2 N–H and O–H groups in total. The van der Waals surface area contributed by atoms with Gasteiger partial charge in [0.1, 0.15) is 0 Å². The molecule has 0 spiro atoms. The number of aliphatic hydroxyl groups excluding tert-OH is 1. The van der Waals surface area contributed by atoms with Gasteiger partial charge in [0.15, 0.2) is 6.10 Å².